The van der Waals surface area contributed by atoms with E-state index < -0.39 is 0 Å². The normalized spacial score (nSPS) is 13.3. The van der Waals surface area contributed by atoms with Crippen LogP contribution in [0.4, 0.5) is 0 Å². The van der Waals surface area contributed by atoms with Crippen LogP contribution in [0.25, 0.3) is 0 Å². The summed E-state index contributed by atoms with van der Waals surface area (Å²) in [5, 5.41) is 0. The zero-order chi connectivity index (χ0) is 13.1. The van der Waals surface area contributed by atoms with E-state index in [-0.39, 0.29) is 0 Å². The molecule has 1 heteroatoms. The number of carbonyl (C=O) groups excluding carboxylic acids is 1. The van der Waals surface area contributed by atoms with Crippen LogP contribution in [-0.2, 0) is 4.79 Å². The van der Waals surface area contributed by atoms with Crippen molar-refractivity contribution < 1.29 is 4.79 Å². The summed E-state index contributed by atoms with van der Waals surface area (Å²) in [5.41, 5.74) is 2.96. The fourth-order valence-electron chi connectivity index (χ4n) is 1.82. The van der Waals surface area contributed by atoms with Gasteiger partial charge in [0.05, 0.1) is 0 Å². The molecule has 0 heterocycles. The van der Waals surface area contributed by atoms with Crippen molar-refractivity contribution in [2.45, 2.75) is 66.2 Å². The van der Waals surface area contributed by atoms with Crippen molar-refractivity contribution in [2.75, 3.05) is 0 Å². The first-order chi connectivity index (χ1) is 8.10. The van der Waals surface area contributed by atoms with Crippen molar-refractivity contribution in [3.63, 3.8) is 0 Å². The van der Waals surface area contributed by atoms with E-state index >= 15 is 0 Å². The van der Waals surface area contributed by atoms with E-state index in [0.717, 1.165) is 32.0 Å². The predicted octanol–water partition coefficient (Wildman–Crippen LogP) is 5.07. The van der Waals surface area contributed by atoms with Crippen molar-refractivity contribution in [2.24, 2.45) is 5.92 Å². The molecule has 0 saturated carbocycles. The first-order valence-corrected chi connectivity index (χ1v) is 6.85. The minimum atomic E-state index is 0.527. The Morgan fingerprint density at radius 3 is 2.41 bits per heavy atom. The van der Waals surface area contributed by atoms with E-state index in [1.165, 1.54) is 12.0 Å². The second kappa shape index (κ2) is 10.3. The fourth-order valence-corrected chi connectivity index (χ4v) is 1.82. The van der Waals surface area contributed by atoms with Crippen molar-refractivity contribution in [3.8, 4) is 0 Å². The third-order valence-electron chi connectivity index (χ3n) is 3.06. The molecule has 0 aliphatic rings. The lowest BCUT2D eigenvalue weighted by Gasteiger charge is -2.07. The lowest BCUT2D eigenvalue weighted by atomic mass is 9.99. The molecule has 1 nitrogen and oxygen atoms in total. The van der Waals surface area contributed by atoms with Gasteiger partial charge in [0, 0.05) is 6.42 Å². The van der Waals surface area contributed by atoms with Crippen LogP contribution in [0.3, 0.4) is 0 Å². The van der Waals surface area contributed by atoms with Gasteiger partial charge in [0.15, 0.2) is 0 Å². The number of aldehydes is 1. The summed E-state index contributed by atoms with van der Waals surface area (Å²) in [6, 6.07) is 0. The molecule has 0 bridgehead atoms. The Kier molecular flexibility index (Phi) is 9.80. The SMILES string of the molecule is CC/C(=C\CC[C@H](C)CC=O)CCC=C(C)C. The zero-order valence-corrected chi connectivity index (χ0v) is 12.0. The Bertz CT molecular complexity index is 257. The maximum Gasteiger partial charge on any atom is 0.120 e. The number of rotatable bonds is 9. The van der Waals surface area contributed by atoms with Crippen LogP contribution in [0.5, 0.6) is 0 Å². The predicted molar refractivity (Wildman–Crippen MR) is 76.1 cm³/mol. The monoisotopic (exact) mass is 236 g/mol. The minimum Gasteiger partial charge on any atom is -0.303 e. The first-order valence-electron chi connectivity index (χ1n) is 6.85. The van der Waals surface area contributed by atoms with Crippen molar-refractivity contribution in [3.05, 3.63) is 23.3 Å². The van der Waals surface area contributed by atoms with Crippen LogP contribution in [0.15, 0.2) is 23.3 Å². The molecule has 17 heavy (non-hydrogen) atoms. The fraction of sp³-hybridized carbons (Fsp3) is 0.688. The maximum absolute atomic E-state index is 10.4. The van der Waals surface area contributed by atoms with Gasteiger partial charge in [-0.05, 0) is 51.9 Å². The van der Waals surface area contributed by atoms with Crippen LogP contribution in [0.2, 0.25) is 0 Å². The summed E-state index contributed by atoms with van der Waals surface area (Å²) < 4.78 is 0. The molecule has 0 spiro atoms. The molecule has 0 aromatic rings. The minimum absolute atomic E-state index is 0.527. The van der Waals surface area contributed by atoms with Gasteiger partial charge in [0.1, 0.15) is 6.29 Å². The van der Waals surface area contributed by atoms with Gasteiger partial charge >= 0.3 is 0 Å². The highest BCUT2D eigenvalue weighted by molar-refractivity contribution is 5.49. The molecular weight excluding hydrogens is 208 g/mol. The molecule has 0 amide bonds. The Morgan fingerprint density at radius 1 is 1.18 bits per heavy atom. The van der Waals surface area contributed by atoms with E-state index in [1.54, 1.807) is 5.57 Å². The van der Waals surface area contributed by atoms with Gasteiger partial charge in [-0.3, -0.25) is 0 Å². The smallest absolute Gasteiger partial charge is 0.120 e. The largest absolute Gasteiger partial charge is 0.303 e. The molecule has 0 unspecified atom stereocenters. The van der Waals surface area contributed by atoms with Crippen LogP contribution >= 0.6 is 0 Å². The van der Waals surface area contributed by atoms with E-state index in [9.17, 15) is 4.79 Å². The zero-order valence-electron chi connectivity index (χ0n) is 12.0. The molecule has 1 atom stereocenters. The van der Waals surface area contributed by atoms with E-state index in [1.807, 2.05) is 0 Å². The van der Waals surface area contributed by atoms with Crippen molar-refractivity contribution in [1.82, 2.24) is 0 Å². The number of hydrogen-bond acceptors (Lipinski definition) is 1. The van der Waals surface area contributed by atoms with Gasteiger partial charge in [0.2, 0.25) is 0 Å². The van der Waals surface area contributed by atoms with Crippen LogP contribution in [-0.4, -0.2) is 6.29 Å². The first kappa shape index (κ1) is 16.1. The molecule has 0 saturated heterocycles. The molecule has 0 fully saturated rings. The number of allylic oxidation sites excluding steroid dienone is 4. The topological polar surface area (TPSA) is 17.1 Å². The molecule has 98 valence electrons. The highest BCUT2D eigenvalue weighted by Crippen LogP contribution is 2.15. The molecular formula is C16H28O. The summed E-state index contributed by atoms with van der Waals surface area (Å²) in [4.78, 5) is 10.4. The highest BCUT2D eigenvalue weighted by Gasteiger charge is 2.00. The average molecular weight is 236 g/mol. The summed E-state index contributed by atoms with van der Waals surface area (Å²) in [6.45, 7) is 8.67. The van der Waals surface area contributed by atoms with Gasteiger partial charge in [0.25, 0.3) is 0 Å². The molecule has 0 N–H and O–H groups in total. The molecule has 0 aliphatic carbocycles. The van der Waals surface area contributed by atoms with Crippen LogP contribution in [0, 0.1) is 5.92 Å². The lowest BCUT2D eigenvalue weighted by molar-refractivity contribution is -0.108. The van der Waals surface area contributed by atoms with Crippen LogP contribution < -0.4 is 0 Å². The van der Waals surface area contributed by atoms with Crippen LogP contribution in [0.1, 0.15) is 66.2 Å². The molecule has 0 aliphatic heterocycles. The highest BCUT2D eigenvalue weighted by atomic mass is 16.1. The third-order valence-corrected chi connectivity index (χ3v) is 3.06. The molecule has 0 aromatic heterocycles. The summed E-state index contributed by atoms with van der Waals surface area (Å²) >= 11 is 0. The quantitative estimate of drug-likeness (QED) is 0.403. The number of carbonyl (C=O) groups is 1. The van der Waals surface area contributed by atoms with Gasteiger partial charge in [-0.25, -0.2) is 0 Å². The summed E-state index contributed by atoms with van der Waals surface area (Å²) in [7, 11) is 0. The second-order valence-electron chi connectivity index (χ2n) is 5.12. The van der Waals surface area contributed by atoms with Gasteiger partial charge in [-0.2, -0.15) is 0 Å². The molecule has 0 rings (SSSR count). The Morgan fingerprint density at radius 2 is 1.88 bits per heavy atom. The van der Waals surface area contributed by atoms with E-state index in [0.29, 0.717) is 12.3 Å². The van der Waals surface area contributed by atoms with E-state index in [4.69, 9.17) is 0 Å². The van der Waals surface area contributed by atoms with E-state index in [2.05, 4.69) is 39.8 Å². The van der Waals surface area contributed by atoms with Crippen molar-refractivity contribution >= 4 is 6.29 Å². The molecule has 0 aromatic carbocycles. The lowest BCUT2D eigenvalue weighted by Crippen LogP contribution is -1.94. The second-order valence-corrected chi connectivity index (χ2v) is 5.12. The van der Waals surface area contributed by atoms with Gasteiger partial charge in [-0.15, -0.1) is 0 Å². The summed E-state index contributed by atoms with van der Waals surface area (Å²) in [5.74, 6) is 0.527. The third kappa shape index (κ3) is 10.0. The van der Waals surface area contributed by atoms with Gasteiger partial charge < -0.3 is 4.79 Å². The standard InChI is InChI=1S/C16H28O/c1-5-16(10-6-8-14(2)3)11-7-9-15(4)12-13-17/h8,11,13,15H,5-7,9-10,12H2,1-4H3/b16-11+/t15-/m0/s1. The maximum atomic E-state index is 10.4. The summed E-state index contributed by atoms with van der Waals surface area (Å²) in [6.07, 6.45) is 12.2. The Hall–Kier alpha value is -0.850. The van der Waals surface area contributed by atoms with Gasteiger partial charge in [-0.1, -0.05) is 37.1 Å². The number of hydrogen-bond donors (Lipinski definition) is 0. The van der Waals surface area contributed by atoms with Crippen molar-refractivity contribution in [1.29, 1.82) is 0 Å². The molecule has 0 radical (unpaired) electrons. The Labute approximate surface area is 107 Å². The Balaban J connectivity index is 3.92. The average Bonchev–Trinajstić information content (AvgIpc) is 2.27.